The van der Waals surface area contributed by atoms with Crippen molar-refractivity contribution in [2.75, 3.05) is 13.7 Å². The second kappa shape index (κ2) is 11.9. The maximum Gasteiger partial charge on any atom is 0.261 e. The normalized spacial score (nSPS) is 14.9. The maximum atomic E-state index is 13.3. The van der Waals surface area contributed by atoms with Gasteiger partial charge in [-0.2, -0.15) is 0 Å². The monoisotopic (exact) mass is 544 g/mol. The van der Waals surface area contributed by atoms with Crippen molar-refractivity contribution in [3.05, 3.63) is 58.1 Å². The fraction of sp³-hybridized carbons (Fsp3) is 0.500. The van der Waals surface area contributed by atoms with E-state index >= 15 is 0 Å². The quantitative estimate of drug-likeness (QED) is 0.445. The van der Waals surface area contributed by atoms with Gasteiger partial charge in [-0.05, 0) is 76.5 Å². The number of nitrogens with zero attached hydrogens (tertiary/aromatic N) is 1. The van der Waals surface area contributed by atoms with E-state index in [0.29, 0.717) is 12.3 Å². The highest BCUT2D eigenvalue weighted by atomic mass is 79.9. The Balaban J connectivity index is 1.73. The molecule has 7 heteroatoms. The summed E-state index contributed by atoms with van der Waals surface area (Å²) in [4.78, 5) is 28.0. The van der Waals surface area contributed by atoms with Crippen LogP contribution in [-0.2, 0) is 21.5 Å². The lowest BCUT2D eigenvalue weighted by molar-refractivity contribution is -0.142. The van der Waals surface area contributed by atoms with Crippen LogP contribution in [0.1, 0.15) is 64.5 Å². The Morgan fingerprint density at radius 2 is 1.77 bits per heavy atom. The van der Waals surface area contributed by atoms with Crippen LogP contribution < -0.4 is 14.8 Å². The first kappa shape index (κ1) is 27.1. The summed E-state index contributed by atoms with van der Waals surface area (Å²) < 4.78 is 11.9. The van der Waals surface area contributed by atoms with E-state index in [4.69, 9.17) is 9.47 Å². The predicted molar refractivity (Wildman–Crippen MR) is 142 cm³/mol. The average Bonchev–Trinajstić information content (AvgIpc) is 3.34. The van der Waals surface area contributed by atoms with Gasteiger partial charge in [0.15, 0.2) is 6.61 Å². The van der Waals surface area contributed by atoms with Crippen molar-refractivity contribution in [2.24, 2.45) is 0 Å². The van der Waals surface area contributed by atoms with Crippen molar-refractivity contribution in [2.45, 2.75) is 77.4 Å². The summed E-state index contributed by atoms with van der Waals surface area (Å²) in [6, 6.07) is 13.0. The summed E-state index contributed by atoms with van der Waals surface area (Å²) >= 11 is 3.57. The molecular weight excluding hydrogens is 508 g/mol. The molecule has 1 N–H and O–H groups in total. The lowest BCUT2D eigenvalue weighted by atomic mass is 9.87. The largest absolute Gasteiger partial charge is 0.497 e. The van der Waals surface area contributed by atoms with Crippen LogP contribution >= 0.6 is 15.9 Å². The molecular formula is C28H37BrN2O4. The summed E-state index contributed by atoms with van der Waals surface area (Å²) in [5.74, 6) is 0.959. The van der Waals surface area contributed by atoms with Gasteiger partial charge in [0.1, 0.15) is 17.5 Å². The van der Waals surface area contributed by atoms with E-state index in [9.17, 15) is 9.59 Å². The number of ether oxygens (including phenoxy) is 2. The van der Waals surface area contributed by atoms with Crippen LogP contribution in [0.3, 0.4) is 0 Å². The van der Waals surface area contributed by atoms with Gasteiger partial charge in [-0.25, -0.2) is 0 Å². The van der Waals surface area contributed by atoms with Crippen LogP contribution in [0.15, 0.2) is 46.9 Å². The molecule has 0 bridgehead atoms. The van der Waals surface area contributed by atoms with Crippen LogP contribution in [-0.4, -0.2) is 42.5 Å². The van der Waals surface area contributed by atoms with Crippen LogP contribution in [0, 0.1) is 0 Å². The standard InChI is InChI=1S/C28H37BrN2O4/c1-19(27(33)30-22-8-6-7-9-22)31(17-20-10-13-23(34-5)14-11-20)26(32)18-35-25-15-12-21(16-24(25)29)28(2,3)4/h10-16,19,22H,6-9,17-18H2,1-5H3,(H,30,33)/t19-/m0/s1. The van der Waals surface area contributed by atoms with Gasteiger partial charge in [0, 0.05) is 12.6 Å². The molecule has 0 spiro atoms. The number of carbonyl (C=O) groups excluding carboxylic acids is 2. The van der Waals surface area contributed by atoms with Gasteiger partial charge in [-0.15, -0.1) is 0 Å². The second-order valence-electron chi connectivity index (χ2n) is 10.2. The van der Waals surface area contributed by atoms with Gasteiger partial charge in [-0.1, -0.05) is 51.8 Å². The molecule has 6 nitrogen and oxygen atoms in total. The number of hydrogen-bond donors (Lipinski definition) is 1. The highest BCUT2D eigenvalue weighted by Gasteiger charge is 2.29. The number of halogens is 1. The maximum absolute atomic E-state index is 13.3. The van der Waals surface area contributed by atoms with Crippen molar-refractivity contribution in [1.29, 1.82) is 0 Å². The van der Waals surface area contributed by atoms with Crippen molar-refractivity contribution in [3.63, 3.8) is 0 Å². The summed E-state index contributed by atoms with van der Waals surface area (Å²) in [7, 11) is 1.61. The lowest BCUT2D eigenvalue weighted by Gasteiger charge is -2.30. The Morgan fingerprint density at radius 1 is 1.11 bits per heavy atom. The highest BCUT2D eigenvalue weighted by molar-refractivity contribution is 9.10. The third-order valence-corrected chi connectivity index (χ3v) is 7.15. The third-order valence-electron chi connectivity index (χ3n) is 6.53. The van der Waals surface area contributed by atoms with Crippen molar-refractivity contribution in [1.82, 2.24) is 10.2 Å². The molecule has 0 aliphatic heterocycles. The average molecular weight is 546 g/mol. The summed E-state index contributed by atoms with van der Waals surface area (Å²) in [6.45, 7) is 8.36. The van der Waals surface area contributed by atoms with E-state index in [0.717, 1.165) is 41.5 Å². The van der Waals surface area contributed by atoms with Crippen LogP contribution in [0.2, 0.25) is 0 Å². The number of benzene rings is 2. The van der Waals surface area contributed by atoms with Gasteiger partial charge in [0.25, 0.3) is 5.91 Å². The minimum absolute atomic E-state index is 0.00808. The number of hydrogen-bond acceptors (Lipinski definition) is 4. The topological polar surface area (TPSA) is 67.9 Å². The molecule has 190 valence electrons. The first-order valence-electron chi connectivity index (χ1n) is 12.2. The van der Waals surface area contributed by atoms with Gasteiger partial charge in [0.2, 0.25) is 5.91 Å². The van der Waals surface area contributed by atoms with E-state index in [2.05, 4.69) is 42.0 Å². The Bertz CT molecular complexity index is 1010. The zero-order valence-electron chi connectivity index (χ0n) is 21.4. The van der Waals surface area contributed by atoms with Crippen LogP contribution in [0.25, 0.3) is 0 Å². The Morgan fingerprint density at radius 3 is 2.34 bits per heavy atom. The lowest BCUT2D eigenvalue weighted by Crippen LogP contribution is -2.50. The van der Waals surface area contributed by atoms with Gasteiger partial charge in [0.05, 0.1) is 11.6 Å². The molecule has 2 aromatic carbocycles. The summed E-state index contributed by atoms with van der Waals surface area (Å²) in [5.41, 5.74) is 2.09. The molecule has 2 amide bonds. The van der Waals surface area contributed by atoms with Crippen LogP contribution in [0.5, 0.6) is 11.5 Å². The molecule has 2 aromatic rings. The van der Waals surface area contributed by atoms with Gasteiger partial charge >= 0.3 is 0 Å². The minimum atomic E-state index is -0.625. The van der Waals surface area contributed by atoms with Crippen LogP contribution in [0.4, 0.5) is 0 Å². The Kier molecular flexibility index (Phi) is 9.22. The Hall–Kier alpha value is -2.54. The van der Waals surface area contributed by atoms with Crippen molar-refractivity contribution < 1.29 is 19.1 Å². The first-order valence-corrected chi connectivity index (χ1v) is 13.0. The molecule has 0 saturated heterocycles. The number of methoxy groups -OCH3 is 1. The molecule has 1 saturated carbocycles. The first-order chi connectivity index (χ1) is 16.6. The third kappa shape index (κ3) is 7.47. The van der Waals surface area contributed by atoms with E-state index < -0.39 is 6.04 Å². The van der Waals surface area contributed by atoms with Gasteiger partial charge in [-0.3, -0.25) is 9.59 Å². The molecule has 1 aliphatic carbocycles. The fourth-order valence-electron chi connectivity index (χ4n) is 4.21. The molecule has 35 heavy (non-hydrogen) atoms. The molecule has 1 aliphatic rings. The zero-order chi connectivity index (χ0) is 25.6. The molecule has 1 fully saturated rings. The smallest absolute Gasteiger partial charge is 0.261 e. The van der Waals surface area contributed by atoms with E-state index in [1.165, 1.54) is 5.56 Å². The van der Waals surface area contributed by atoms with Crippen molar-refractivity contribution in [3.8, 4) is 11.5 Å². The molecule has 1 atom stereocenters. The summed E-state index contributed by atoms with van der Waals surface area (Å²) in [5, 5.41) is 3.12. The molecule has 0 aromatic heterocycles. The Labute approximate surface area is 217 Å². The highest BCUT2D eigenvalue weighted by Crippen LogP contribution is 2.31. The van der Waals surface area contributed by atoms with E-state index in [1.54, 1.807) is 18.9 Å². The number of amides is 2. The van der Waals surface area contributed by atoms with Gasteiger partial charge < -0.3 is 19.7 Å². The van der Waals surface area contributed by atoms with Crippen molar-refractivity contribution >= 4 is 27.7 Å². The number of rotatable bonds is 9. The predicted octanol–water partition coefficient (Wildman–Crippen LogP) is 5.61. The minimum Gasteiger partial charge on any atom is -0.497 e. The summed E-state index contributed by atoms with van der Waals surface area (Å²) in [6.07, 6.45) is 4.24. The molecule has 0 radical (unpaired) electrons. The molecule has 0 heterocycles. The SMILES string of the molecule is COc1ccc(CN(C(=O)COc2ccc(C(C)(C)C)cc2Br)[C@@H](C)C(=O)NC2CCCC2)cc1. The fourth-order valence-corrected chi connectivity index (χ4v) is 4.70. The zero-order valence-corrected chi connectivity index (χ0v) is 23.0. The molecule has 0 unspecified atom stereocenters. The number of nitrogens with one attached hydrogen (secondary N) is 1. The second-order valence-corrected chi connectivity index (χ2v) is 11.1. The van der Waals surface area contributed by atoms with E-state index in [-0.39, 0.29) is 29.9 Å². The number of carbonyl (C=O) groups is 2. The molecule has 3 rings (SSSR count). The van der Waals surface area contributed by atoms with E-state index in [1.807, 2.05) is 42.5 Å².